The number of amides is 1. The molecule has 1 amide bonds. The van der Waals surface area contributed by atoms with E-state index in [0.29, 0.717) is 5.82 Å². The van der Waals surface area contributed by atoms with Gasteiger partial charge in [-0.05, 0) is 23.6 Å². The van der Waals surface area contributed by atoms with Crippen molar-refractivity contribution >= 4 is 33.1 Å². The van der Waals surface area contributed by atoms with Gasteiger partial charge in [-0.25, -0.2) is 9.78 Å². The number of carboxylic acid groups (broad SMARTS) is 1. The maximum atomic E-state index is 10.9. The lowest BCUT2D eigenvalue weighted by atomic mass is 9.86. The fraction of sp³-hybridized carbons (Fsp3) is 0.385. The summed E-state index contributed by atoms with van der Waals surface area (Å²) in [6.07, 6.45) is -1.05. The Kier molecular flexibility index (Phi) is 3.54. The van der Waals surface area contributed by atoms with Crippen LogP contribution < -0.4 is 5.32 Å². The van der Waals surface area contributed by atoms with Crippen LogP contribution in [-0.2, 0) is 0 Å². The number of aromatic nitrogens is 2. The Balaban J connectivity index is 2.47. The van der Waals surface area contributed by atoms with Crippen LogP contribution in [0.4, 0.5) is 4.79 Å². The van der Waals surface area contributed by atoms with Gasteiger partial charge in [0.2, 0.25) is 0 Å². The van der Waals surface area contributed by atoms with Gasteiger partial charge in [-0.2, -0.15) is 0 Å². The van der Waals surface area contributed by atoms with Crippen LogP contribution in [0, 0.1) is 5.41 Å². The Hall–Kier alpha value is -1.56. The molecule has 5 nitrogen and oxygen atoms in total. The highest BCUT2D eigenvalue weighted by Gasteiger charge is 2.30. The number of H-pyrrole nitrogens is 1. The maximum absolute atomic E-state index is 10.9. The van der Waals surface area contributed by atoms with Gasteiger partial charge in [-0.15, -0.1) is 0 Å². The number of hydrogen-bond acceptors (Lipinski definition) is 2. The third-order valence-corrected chi connectivity index (χ3v) is 3.36. The predicted octanol–water partition coefficient (Wildman–Crippen LogP) is 3.68. The van der Waals surface area contributed by atoms with Gasteiger partial charge >= 0.3 is 6.09 Å². The molecule has 0 aliphatic heterocycles. The molecule has 0 radical (unpaired) electrons. The average Bonchev–Trinajstić information content (AvgIpc) is 2.66. The van der Waals surface area contributed by atoms with Crippen molar-refractivity contribution in [2.45, 2.75) is 26.8 Å². The van der Waals surface area contributed by atoms with Crippen LogP contribution in [0.3, 0.4) is 0 Å². The Labute approximate surface area is 119 Å². The average molecular weight is 326 g/mol. The molecular formula is C13H16BrN3O2. The summed E-state index contributed by atoms with van der Waals surface area (Å²) < 4.78 is 0.953. The van der Waals surface area contributed by atoms with Crippen molar-refractivity contribution in [3.05, 3.63) is 28.5 Å². The van der Waals surface area contributed by atoms with Crippen LogP contribution in [0.5, 0.6) is 0 Å². The molecule has 2 aromatic rings. The van der Waals surface area contributed by atoms with Crippen LogP contribution in [0.2, 0.25) is 0 Å². The van der Waals surface area contributed by atoms with E-state index in [1.165, 1.54) is 0 Å². The van der Waals surface area contributed by atoms with E-state index in [0.717, 1.165) is 15.5 Å². The number of nitrogens with one attached hydrogen (secondary N) is 2. The van der Waals surface area contributed by atoms with Gasteiger partial charge in [0.05, 0.1) is 17.1 Å². The number of aromatic amines is 1. The van der Waals surface area contributed by atoms with Crippen molar-refractivity contribution in [3.8, 4) is 0 Å². The summed E-state index contributed by atoms with van der Waals surface area (Å²) in [6.45, 7) is 5.91. The highest BCUT2D eigenvalue weighted by Crippen LogP contribution is 2.32. The highest BCUT2D eigenvalue weighted by molar-refractivity contribution is 9.10. The smallest absolute Gasteiger partial charge is 0.405 e. The number of halogens is 1. The zero-order valence-electron chi connectivity index (χ0n) is 11.0. The number of rotatable bonds is 2. The number of imidazole rings is 1. The minimum Gasteiger partial charge on any atom is -0.465 e. The fourth-order valence-electron chi connectivity index (χ4n) is 1.96. The zero-order chi connectivity index (χ0) is 14.2. The molecule has 102 valence electrons. The molecule has 0 fully saturated rings. The van der Waals surface area contributed by atoms with Gasteiger partial charge in [0.25, 0.3) is 0 Å². The van der Waals surface area contributed by atoms with E-state index in [2.05, 4.69) is 31.2 Å². The van der Waals surface area contributed by atoms with Crippen LogP contribution >= 0.6 is 15.9 Å². The van der Waals surface area contributed by atoms with Crippen molar-refractivity contribution in [1.29, 1.82) is 0 Å². The van der Waals surface area contributed by atoms with Gasteiger partial charge < -0.3 is 15.4 Å². The molecule has 0 spiro atoms. The first-order valence-corrected chi connectivity index (χ1v) is 6.71. The Morgan fingerprint density at radius 2 is 2.16 bits per heavy atom. The van der Waals surface area contributed by atoms with E-state index in [1.807, 2.05) is 39.0 Å². The molecule has 3 N–H and O–H groups in total. The molecule has 1 aromatic heterocycles. The molecule has 1 heterocycles. The summed E-state index contributed by atoms with van der Waals surface area (Å²) in [6, 6.07) is 5.33. The number of nitrogens with zero attached hydrogens (tertiary/aromatic N) is 1. The molecule has 1 aromatic carbocycles. The molecule has 2 rings (SSSR count). The van der Waals surface area contributed by atoms with Crippen LogP contribution in [0.25, 0.3) is 11.0 Å². The topological polar surface area (TPSA) is 78.0 Å². The van der Waals surface area contributed by atoms with E-state index in [9.17, 15) is 4.79 Å². The summed E-state index contributed by atoms with van der Waals surface area (Å²) in [5.74, 6) is 0.628. The van der Waals surface area contributed by atoms with Gasteiger partial charge in [0.15, 0.2) is 0 Å². The van der Waals surface area contributed by atoms with Crippen LogP contribution in [0.1, 0.15) is 32.6 Å². The quantitative estimate of drug-likeness (QED) is 0.788. The predicted molar refractivity (Wildman–Crippen MR) is 77.2 cm³/mol. The van der Waals surface area contributed by atoms with E-state index in [4.69, 9.17) is 5.11 Å². The minimum atomic E-state index is -1.05. The van der Waals surface area contributed by atoms with Crippen molar-refractivity contribution in [2.24, 2.45) is 5.41 Å². The van der Waals surface area contributed by atoms with Gasteiger partial charge in [0.1, 0.15) is 5.82 Å². The monoisotopic (exact) mass is 325 g/mol. The molecule has 0 bridgehead atoms. The SMILES string of the molecule is CC(C)(C)C(NC(=O)O)c1nc2ccc(Br)cc2[nH]1. The molecule has 19 heavy (non-hydrogen) atoms. The maximum Gasteiger partial charge on any atom is 0.405 e. The fourth-order valence-corrected chi connectivity index (χ4v) is 2.32. The van der Waals surface area contributed by atoms with Gasteiger partial charge in [-0.1, -0.05) is 36.7 Å². The largest absolute Gasteiger partial charge is 0.465 e. The summed E-state index contributed by atoms with van der Waals surface area (Å²) in [4.78, 5) is 18.6. The first-order chi connectivity index (χ1) is 8.77. The van der Waals surface area contributed by atoms with Gasteiger partial charge in [-0.3, -0.25) is 0 Å². The lowest BCUT2D eigenvalue weighted by Gasteiger charge is -2.28. The molecule has 0 saturated carbocycles. The van der Waals surface area contributed by atoms with Crippen molar-refractivity contribution in [1.82, 2.24) is 15.3 Å². The van der Waals surface area contributed by atoms with Gasteiger partial charge in [0, 0.05) is 4.47 Å². The van der Waals surface area contributed by atoms with E-state index in [-0.39, 0.29) is 5.41 Å². The van der Waals surface area contributed by atoms with Crippen LogP contribution in [-0.4, -0.2) is 21.2 Å². The molecule has 1 unspecified atom stereocenters. The van der Waals surface area contributed by atoms with E-state index >= 15 is 0 Å². The second-order valence-electron chi connectivity index (χ2n) is 5.53. The highest BCUT2D eigenvalue weighted by atomic mass is 79.9. The first kappa shape index (κ1) is 13.9. The summed E-state index contributed by atoms with van der Waals surface area (Å²) in [7, 11) is 0. The lowest BCUT2D eigenvalue weighted by Crippen LogP contribution is -2.36. The number of benzene rings is 1. The van der Waals surface area contributed by atoms with E-state index in [1.54, 1.807) is 0 Å². The zero-order valence-corrected chi connectivity index (χ0v) is 12.6. The summed E-state index contributed by atoms with van der Waals surface area (Å²) in [5.41, 5.74) is 1.43. The number of carbonyl (C=O) groups is 1. The lowest BCUT2D eigenvalue weighted by molar-refractivity contribution is 0.173. The summed E-state index contributed by atoms with van der Waals surface area (Å²) >= 11 is 3.40. The van der Waals surface area contributed by atoms with Crippen molar-refractivity contribution < 1.29 is 9.90 Å². The second-order valence-corrected chi connectivity index (χ2v) is 6.45. The molecule has 6 heteroatoms. The van der Waals surface area contributed by atoms with E-state index < -0.39 is 12.1 Å². The standard InChI is InChI=1S/C13H16BrN3O2/c1-13(2,3)10(17-12(18)19)11-15-8-5-4-7(14)6-9(8)16-11/h4-6,10,17H,1-3H3,(H,15,16)(H,18,19). The van der Waals surface area contributed by atoms with Crippen LogP contribution in [0.15, 0.2) is 22.7 Å². The summed E-state index contributed by atoms with van der Waals surface area (Å²) in [5, 5.41) is 11.5. The third-order valence-electron chi connectivity index (χ3n) is 2.87. The Morgan fingerprint density at radius 3 is 2.74 bits per heavy atom. The third kappa shape index (κ3) is 3.07. The van der Waals surface area contributed by atoms with Crippen molar-refractivity contribution in [2.75, 3.05) is 0 Å². The number of fused-ring (bicyclic) bond motifs is 1. The Bertz CT molecular complexity index is 616. The van der Waals surface area contributed by atoms with Crippen molar-refractivity contribution in [3.63, 3.8) is 0 Å². The second kappa shape index (κ2) is 4.85. The number of hydrogen-bond donors (Lipinski definition) is 3. The normalized spacial score (nSPS) is 13.5. The molecule has 0 aliphatic carbocycles. The molecule has 0 saturated heterocycles. The molecule has 0 aliphatic rings. The molecule has 1 atom stereocenters. The first-order valence-electron chi connectivity index (χ1n) is 5.92. The molecular weight excluding hydrogens is 310 g/mol. The Morgan fingerprint density at radius 1 is 1.47 bits per heavy atom. The minimum absolute atomic E-state index is 0.274.